The van der Waals surface area contributed by atoms with Crippen molar-refractivity contribution in [2.24, 2.45) is 0 Å². The molecular formula is C14H17N3OS2. The lowest BCUT2D eigenvalue weighted by molar-refractivity contribution is -0.118. The van der Waals surface area contributed by atoms with Gasteiger partial charge in [0.2, 0.25) is 5.91 Å². The predicted molar refractivity (Wildman–Crippen MR) is 83.2 cm³/mol. The molecule has 0 bridgehead atoms. The molecule has 3 rings (SSSR count). The number of nitrogens with zero attached hydrogens (tertiary/aromatic N) is 1. The van der Waals surface area contributed by atoms with Crippen LogP contribution < -0.4 is 10.6 Å². The van der Waals surface area contributed by atoms with Gasteiger partial charge in [0.15, 0.2) is 0 Å². The zero-order chi connectivity index (χ0) is 14.2. The number of fused-ring (bicyclic) bond motifs is 1. The van der Waals surface area contributed by atoms with Crippen molar-refractivity contribution in [2.45, 2.75) is 37.5 Å². The standard InChI is InChI=1S/C14H17N3OS2/c1-14(4-2-6-19-14)13(18)17-12-10(7-15)9-3-5-16-8-11(9)20-12/h16H,2-6,8H2,1H3,(H,17,18). The van der Waals surface area contributed by atoms with E-state index in [9.17, 15) is 10.1 Å². The van der Waals surface area contributed by atoms with E-state index >= 15 is 0 Å². The zero-order valence-corrected chi connectivity index (χ0v) is 13.0. The van der Waals surface area contributed by atoms with Gasteiger partial charge >= 0.3 is 0 Å². The average Bonchev–Trinajstić information content (AvgIpc) is 3.03. The number of thiophene rings is 1. The molecule has 0 aliphatic carbocycles. The van der Waals surface area contributed by atoms with Gasteiger partial charge in [-0.2, -0.15) is 5.26 Å². The summed E-state index contributed by atoms with van der Waals surface area (Å²) in [6, 6.07) is 2.27. The van der Waals surface area contributed by atoms with Crippen LogP contribution >= 0.6 is 23.1 Å². The molecule has 0 saturated carbocycles. The molecule has 1 saturated heterocycles. The summed E-state index contributed by atoms with van der Waals surface area (Å²) < 4.78 is -0.338. The largest absolute Gasteiger partial charge is 0.315 e. The predicted octanol–water partition coefficient (Wildman–Crippen LogP) is 2.49. The van der Waals surface area contributed by atoms with Gasteiger partial charge in [-0.25, -0.2) is 0 Å². The normalized spacial score (nSPS) is 25.0. The minimum absolute atomic E-state index is 0.0445. The van der Waals surface area contributed by atoms with E-state index in [4.69, 9.17) is 0 Å². The molecule has 0 radical (unpaired) electrons. The van der Waals surface area contributed by atoms with E-state index in [1.807, 2.05) is 6.92 Å². The Bertz CT molecular complexity index is 582. The van der Waals surface area contributed by atoms with E-state index in [-0.39, 0.29) is 10.7 Å². The van der Waals surface area contributed by atoms with Crippen molar-refractivity contribution in [3.8, 4) is 6.07 Å². The van der Waals surface area contributed by atoms with E-state index in [2.05, 4.69) is 16.7 Å². The number of anilines is 1. The molecule has 3 heterocycles. The minimum atomic E-state index is -0.338. The van der Waals surface area contributed by atoms with Gasteiger partial charge < -0.3 is 10.6 Å². The molecular weight excluding hydrogens is 290 g/mol. The van der Waals surface area contributed by atoms with Crippen LogP contribution in [0.5, 0.6) is 0 Å². The number of amides is 1. The second-order valence-electron chi connectivity index (χ2n) is 5.38. The van der Waals surface area contributed by atoms with Gasteiger partial charge in [0.25, 0.3) is 0 Å². The van der Waals surface area contributed by atoms with E-state index in [0.717, 1.165) is 48.7 Å². The number of rotatable bonds is 2. The highest BCUT2D eigenvalue weighted by Crippen LogP contribution is 2.40. The van der Waals surface area contributed by atoms with Crippen molar-refractivity contribution in [2.75, 3.05) is 17.6 Å². The molecule has 6 heteroatoms. The first kappa shape index (κ1) is 13.9. The monoisotopic (exact) mass is 307 g/mol. The number of nitriles is 1. The maximum absolute atomic E-state index is 12.5. The van der Waals surface area contributed by atoms with Crippen LogP contribution in [-0.2, 0) is 17.8 Å². The van der Waals surface area contributed by atoms with Gasteiger partial charge in [-0.05, 0) is 44.0 Å². The van der Waals surface area contributed by atoms with Gasteiger partial charge in [0.1, 0.15) is 11.1 Å². The highest BCUT2D eigenvalue weighted by atomic mass is 32.2. The summed E-state index contributed by atoms with van der Waals surface area (Å²) in [6.07, 6.45) is 2.87. The lowest BCUT2D eigenvalue weighted by Gasteiger charge is -2.20. The Hall–Kier alpha value is -1.03. The molecule has 0 spiro atoms. The molecule has 2 aliphatic heterocycles. The summed E-state index contributed by atoms with van der Waals surface area (Å²) in [4.78, 5) is 13.7. The number of hydrogen-bond donors (Lipinski definition) is 2. The van der Waals surface area contributed by atoms with Gasteiger partial charge in [-0.1, -0.05) is 0 Å². The third kappa shape index (κ3) is 2.34. The van der Waals surface area contributed by atoms with Gasteiger partial charge in [-0.3, -0.25) is 4.79 Å². The molecule has 1 aromatic heterocycles. The molecule has 106 valence electrons. The maximum atomic E-state index is 12.5. The van der Waals surface area contributed by atoms with Crippen molar-refractivity contribution in [1.29, 1.82) is 5.26 Å². The maximum Gasteiger partial charge on any atom is 0.240 e. The summed E-state index contributed by atoms with van der Waals surface area (Å²) in [5.74, 6) is 1.09. The Kier molecular flexibility index (Phi) is 3.76. The van der Waals surface area contributed by atoms with Crippen molar-refractivity contribution in [3.63, 3.8) is 0 Å². The number of nitrogens with one attached hydrogen (secondary N) is 2. The fourth-order valence-corrected chi connectivity index (χ4v) is 5.11. The van der Waals surface area contributed by atoms with Gasteiger partial charge in [0, 0.05) is 11.4 Å². The van der Waals surface area contributed by atoms with Crippen molar-refractivity contribution >= 4 is 34.0 Å². The first-order chi connectivity index (χ1) is 9.64. The number of carbonyl (C=O) groups is 1. The second kappa shape index (κ2) is 5.40. The summed E-state index contributed by atoms with van der Waals surface area (Å²) in [5.41, 5.74) is 1.79. The quantitative estimate of drug-likeness (QED) is 0.881. The van der Waals surface area contributed by atoms with Crippen LogP contribution in [0.4, 0.5) is 5.00 Å². The molecule has 2 aliphatic rings. The number of thioether (sulfide) groups is 1. The molecule has 4 nitrogen and oxygen atoms in total. The van der Waals surface area contributed by atoms with Crippen LogP contribution in [0, 0.1) is 11.3 Å². The van der Waals surface area contributed by atoms with Crippen LogP contribution in [0.2, 0.25) is 0 Å². The summed E-state index contributed by atoms with van der Waals surface area (Å²) >= 11 is 3.26. The SMILES string of the molecule is CC1(C(=O)Nc2sc3c(c2C#N)CCNC3)CCCS1. The van der Waals surface area contributed by atoms with Crippen LogP contribution in [0.15, 0.2) is 0 Å². The highest BCUT2D eigenvalue weighted by molar-refractivity contribution is 8.01. The van der Waals surface area contributed by atoms with Crippen LogP contribution in [0.1, 0.15) is 35.8 Å². The van der Waals surface area contributed by atoms with E-state index < -0.39 is 0 Å². The molecule has 20 heavy (non-hydrogen) atoms. The molecule has 1 unspecified atom stereocenters. The lowest BCUT2D eigenvalue weighted by Crippen LogP contribution is -2.34. The summed E-state index contributed by atoms with van der Waals surface area (Å²) in [7, 11) is 0. The molecule has 1 aromatic rings. The first-order valence-corrected chi connectivity index (χ1v) is 8.65. The highest BCUT2D eigenvalue weighted by Gasteiger charge is 2.38. The fraction of sp³-hybridized carbons (Fsp3) is 0.571. The Morgan fingerprint density at radius 1 is 1.55 bits per heavy atom. The Morgan fingerprint density at radius 3 is 3.10 bits per heavy atom. The smallest absolute Gasteiger partial charge is 0.240 e. The molecule has 1 fully saturated rings. The Morgan fingerprint density at radius 2 is 2.40 bits per heavy atom. The molecule has 0 aromatic carbocycles. The van der Waals surface area contributed by atoms with Crippen LogP contribution in [0.3, 0.4) is 0 Å². The van der Waals surface area contributed by atoms with Crippen molar-refractivity contribution < 1.29 is 4.79 Å². The topological polar surface area (TPSA) is 64.9 Å². The number of carbonyl (C=O) groups excluding carboxylic acids is 1. The fourth-order valence-electron chi connectivity index (χ4n) is 2.73. The van der Waals surface area contributed by atoms with Crippen LogP contribution in [-0.4, -0.2) is 23.0 Å². The molecule has 2 N–H and O–H groups in total. The summed E-state index contributed by atoms with van der Waals surface area (Å²) in [5, 5.41) is 16.4. The van der Waals surface area contributed by atoms with E-state index in [1.54, 1.807) is 23.1 Å². The first-order valence-electron chi connectivity index (χ1n) is 6.85. The third-order valence-corrected chi connectivity index (χ3v) is 6.63. The zero-order valence-electron chi connectivity index (χ0n) is 11.4. The van der Waals surface area contributed by atoms with Gasteiger partial charge in [0.05, 0.1) is 10.3 Å². The Balaban J connectivity index is 1.86. The third-order valence-electron chi connectivity index (χ3n) is 3.97. The lowest BCUT2D eigenvalue weighted by atomic mass is 10.0. The molecule has 1 amide bonds. The van der Waals surface area contributed by atoms with E-state index in [1.165, 1.54) is 4.88 Å². The number of hydrogen-bond acceptors (Lipinski definition) is 5. The van der Waals surface area contributed by atoms with Crippen molar-refractivity contribution in [3.05, 3.63) is 16.0 Å². The van der Waals surface area contributed by atoms with E-state index in [0.29, 0.717) is 5.56 Å². The average molecular weight is 307 g/mol. The van der Waals surface area contributed by atoms with Gasteiger partial charge in [-0.15, -0.1) is 23.1 Å². The molecule has 1 atom stereocenters. The minimum Gasteiger partial charge on any atom is -0.315 e. The van der Waals surface area contributed by atoms with Crippen molar-refractivity contribution in [1.82, 2.24) is 5.32 Å². The Labute approximate surface area is 126 Å². The summed E-state index contributed by atoms with van der Waals surface area (Å²) in [6.45, 7) is 3.71. The second-order valence-corrected chi connectivity index (χ2v) is 8.09. The van der Waals surface area contributed by atoms with Crippen LogP contribution in [0.25, 0.3) is 0 Å².